The molecule has 0 spiro atoms. The van der Waals surface area contributed by atoms with Crippen molar-refractivity contribution < 1.29 is 9.72 Å². The minimum atomic E-state index is -0.732. The number of aromatic nitrogens is 4. The average Bonchev–Trinajstić information content (AvgIpc) is 3.03. The number of nitrogens with one attached hydrogen (secondary N) is 2. The molecule has 2 rings (SSSR count). The Morgan fingerprint density at radius 2 is 2.40 bits per heavy atom. The molecule has 0 bridgehead atoms. The smallest absolute Gasteiger partial charge is 0.358 e. The molecule has 2 heterocycles. The monoisotopic (exact) mass is 298 g/mol. The summed E-state index contributed by atoms with van der Waals surface area (Å²) in [6.45, 7) is 1.04. The van der Waals surface area contributed by atoms with Crippen LogP contribution >= 0.6 is 11.6 Å². The molecule has 0 aliphatic heterocycles. The minimum absolute atomic E-state index is 0.183. The SMILES string of the molecule is O=C(NCCCn1cccn1)c1n[nH]c([N+](=O)[O-])c1Cl. The Bertz CT molecular complexity index is 609. The van der Waals surface area contributed by atoms with Crippen molar-refractivity contribution in [2.24, 2.45) is 0 Å². The van der Waals surface area contributed by atoms with E-state index >= 15 is 0 Å². The molecule has 0 saturated heterocycles. The van der Waals surface area contributed by atoms with Crippen LogP contribution in [0.1, 0.15) is 16.9 Å². The minimum Gasteiger partial charge on any atom is -0.358 e. The van der Waals surface area contributed by atoms with Crippen LogP contribution in [-0.4, -0.2) is 37.4 Å². The van der Waals surface area contributed by atoms with Gasteiger partial charge in [-0.15, -0.1) is 5.10 Å². The zero-order chi connectivity index (χ0) is 14.5. The number of carbonyl (C=O) groups excluding carboxylic acids is 1. The van der Waals surface area contributed by atoms with Gasteiger partial charge in [0.05, 0.1) is 0 Å². The largest absolute Gasteiger partial charge is 0.362 e. The third kappa shape index (κ3) is 3.12. The second-order valence-corrected chi connectivity index (χ2v) is 4.25. The molecule has 10 heteroatoms. The summed E-state index contributed by atoms with van der Waals surface area (Å²) >= 11 is 5.70. The number of hydrogen-bond donors (Lipinski definition) is 2. The summed E-state index contributed by atoms with van der Waals surface area (Å²) in [5.41, 5.74) is -0.183. The van der Waals surface area contributed by atoms with E-state index in [1.54, 1.807) is 16.9 Å². The van der Waals surface area contributed by atoms with Crippen LogP contribution in [0.2, 0.25) is 5.02 Å². The highest BCUT2D eigenvalue weighted by Crippen LogP contribution is 2.24. The van der Waals surface area contributed by atoms with Gasteiger partial charge < -0.3 is 15.4 Å². The van der Waals surface area contributed by atoms with Crippen LogP contribution in [0.5, 0.6) is 0 Å². The topological polar surface area (TPSA) is 119 Å². The van der Waals surface area contributed by atoms with Crippen LogP contribution in [-0.2, 0) is 6.54 Å². The van der Waals surface area contributed by atoms with E-state index in [0.29, 0.717) is 19.5 Å². The molecule has 0 radical (unpaired) electrons. The van der Waals surface area contributed by atoms with Gasteiger partial charge in [-0.05, 0) is 17.4 Å². The van der Waals surface area contributed by atoms with Crippen LogP contribution in [0.3, 0.4) is 0 Å². The van der Waals surface area contributed by atoms with E-state index in [4.69, 9.17) is 11.6 Å². The maximum Gasteiger partial charge on any atom is 0.362 e. The molecule has 2 aromatic rings. The van der Waals surface area contributed by atoms with Crippen LogP contribution in [0.15, 0.2) is 18.5 Å². The van der Waals surface area contributed by atoms with Crippen LogP contribution in [0.4, 0.5) is 5.82 Å². The Morgan fingerprint density at radius 3 is 3.00 bits per heavy atom. The number of aromatic amines is 1. The van der Waals surface area contributed by atoms with E-state index in [1.807, 2.05) is 6.20 Å². The third-order valence-electron chi connectivity index (χ3n) is 2.50. The number of carbonyl (C=O) groups is 1. The van der Waals surface area contributed by atoms with Crippen molar-refractivity contribution in [3.05, 3.63) is 39.3 Å². The molecule has 0 saturated carbocycles. The molecule has 0 aromatic carbocycles. The molecule has 2 N–H and O–H groups in total. The molecule has 1 amide bonds. The Balaban J connectivity index is 1.84. The third-order valence-corrected chi connectivity index (χ3v) is 2.85. The second-order valence-electron chi connectivity index (χ2n) is 3.87. The fourth-order valence-corrected chi connectivity index (χ4v) is 1.79. The number of nitrogens with zero attached hydrogens (tertiary/aromatic N) is 4. The highest BCUT2D eigenvalue weighted by Gasteiger charge is 2.24. The first-order valence-corrected chi connectivity index (χ1v) is 6.11. The first-order valence-electron chi connectivity index (χ1n) is 5.73. The zero-order valence-corrected chi connectivity index (χ0v) is 11.0. The molecule has 20 heavy (non-hydrogen) atoms. The summed E-state index contributed by atoms with van der Waals surface area (Å²) in [6, 6.07) is 1.81. The summed E-state index contributed by atoms with van der Waals surface area (Å²) in [6.07, 6.45) is 4.15. The van der Waals surface area contributed by atoms with E-state index in [-0.39, 0.29) is 10.7 Å². The fraction of sp³-hybridized carbons (Fsp3) is 0.300. The lowest BCUT2D eigenvalue weighted by Crippen LogP contribution is -2.26. The van der Waals surface area contributed by atoms with Crippen molar-refractivity contribution >= 4 is 23.3 Å². The Labute approximate surface area is 118 Å². The predicted molar refractivity (Wildman–Crippen MR) is 69.4 cm³/mol. The molecule has 2 aromatic heterocycles. The lowest BCUT2D eigenvalue weighted by atomic mass is 10.3. The van der Waals surface area contributed by atoms with E-state index in [9.17, 15) is 14.9 Å². The van der Waals surface area contributed by atoms with Gasteiger partial charge in [0, 0.05) is 25.5 Å². The molecule has 0 atom stereocenters. The van der Waals surface area contributed by atoms with E-state index in [0.717, 1.165) is 0 Å². The summed E-state index contributed by atoms with van der Waals surface area (Å²) in [7, 11) is 0. The number of amides is 1. The van der Waals surface area contributed by atoms with Crippen molar-refractivity contribution in [3.63, 3.8) is 0 Å². The first-order chi connectivity index (χ1) is 9.59. The van der Waals surface area contributed by atoms with E-state index in [2.05, 4.69) is 20.6 Å². The number of halogens is 1. The molecular formula is C10H11ClN6O3. The molecule has 9 nitrogen and oxygen atoms in total. The quantitative estimate of drug-likeness (QED) is 0.468. The average molecular weight is 299 g/mol. The van der Waals surface area contributed by atoms with Crippen LogP contribution in [0.25, 0.3) is 0 Å². The zero-order valence-electron chi connectivity index (χ0n) is 10.2. The second kappa shape index (κ2) is 6.15. The fourth-order valence-electron chi connectivity index (χ4n) is 1.55. The molecule has 0 aliphatic rings. The van der Waals surface area contributed by atoms with E-state index < -0.39 is 16.6 Å². The van der Waals surface area contributed by atoms with Gasteiger partial charge in [-0.3, -0.25) is 9.48 Å². The Morgan fingerprint density at radius 1 is 1.60 bits per heavy atom. The van der Waals surface area contributed by atoms with Crippen LogP contribution < -0.4 is 5.32 Å². The van der Waals surface area contributed by atoms with Crippen LogP contribution in [0, 0.1) is 10.1 Å². The van der Waals surface area contributed by atoms with Gasteiger partial charge in [-0.25, -0.2) is 0 Å². The van der Waals surface area contributed by atoms with Crippen molar-refractivity contribution in [1.29, 1.82) is 0 Å². The molecule has 0 fully saturated rings. The molecule has 0 aliphatic carbocycles. The maximum absolute atomic E-state index is 11.7. The Hall–Kier alpha value is -2.42. The number of hydrogen-bond acceptors (Lipinski definition) is 5. The van der Waals surface area contributed by atoms with Gasteiger partial charge in [0.15, 0.2) is 10.7 Å². The normalized spacial score (nSPS) is 10.4. The lowest BCUT2D eigenvalue weighted by molar-refractivity contribution is -0.389. The highest BCUT2D eigenvalue weighted by atomic mass is 35.5. The number of H-pyrrole nitrogens is 1. The maximum atomic E-state index is 11.7. The summed E-state index contributed by atoms with van der Waals surface area (Å²) in [4.78, 5) is 21.6. The number of aryl methyl sites for hydroxylation is 1. The van der Waals surface area contributed by atoms with Gasteiger partial charge >= 0.3 is 5.82 Å². The first kappa shape index (κ1) is 14.0. The molecule has 106 valence electrons. The van der Waals surface area contributed by atoms with E-state index in [1.165, 1.54) is 0 Å². The summed E-state index contributed by atoms with van der Waals surface area (Å²) in [5.74, 6) is -1.05. The van der Waals surface area contributed by atoms with Gasteiger partial charge in [0.2, 0.25) is 0 Å². The standard InChI is InChI=1S/C10H11ClN6O3/c11-7-8(14-15-9(7)17(19)20)10(18)12-3-1-5-16-6-2-4-13-16/h2,4,6H,1,3,5H2,(H,12,18)(H,14,15). The van der Waals surface area contributed by atoms with Gasteiger partial charge in [-0.2, -0.15) is 5.10 Å². The van der Waals surface area contributed by atoms with Crippen molar-refractivity contribution in [2.75, 3.05) is 6.54 Å². The van der Waals surface area contributed by atoms with Gasteiger partial charge in [0.1, 0.15) is 0 Å². The number of nitro groups is 1. The highest BCUT2D eigenvalue weighted by molar-refractivity contribution is 6.35. The van der Waals surface area contributed by atoms with Crippen molar-refractivity contribution in [3.8, 4) is 0 Å². The number of rotatable bonds is 6. The van der Waals surface area contributed by atoms with Crippen molar-refractivity contribution in [2.45, 2.75) is 13.0 Å². The summed E-state index contributed by atoms with van der Waals surface area (Å²) < 4.78 is 1.73. The Kier molecular flexibility index (Phi) is 4.31. The molecule has 0 unspecified atom stereocenters. The summed E-state index contributed by atoms with van der Waals surface area (Å²) in [5, 5.41) is 22.5. The molecular weight excluding hydrogens is 288 g/mol. The van der Waals surface area contributed by atoms with Gasteiger partial charge in [-0.1, -0.05) is 16.7 Å². The van der Waals surface area contributed by atoms with Gasteiger partial charge in [0.25, 0.3) is 5.91 Å². The lowest BCUT2D eigenvalue weighted by Gasteiger charge is -2.03. The predicted octanol–water partition coefficient (Wildman–Crippen LogP) is 0.988. The van der Waals surface area contributed by atoms with Crippen molar-refractivity contribution in [1.82, 2.24) is 25.3 Å².